The Hall–Kier alpha value is -3.09. The summed E-state index contributed by atoms with van der Waals surface area (Å²) in [5.74, 6) is -0.317. The number of rotatable bonds is 2. The molecule has 4 rings (SSSR count). The van der Waals surface area contributed by atoms with E-state index in [4.69, 9.17) is 9.47 Å². The van der Waals surface area contributed by atoms with E-state index in [1.165, 1.54) is 24.1 Å². The molecule has 0 spiro atoms. The molecule has 1 fully saturated rings. The molecule has 1 saturated heterocycles. The maximum Gasteiger partial charge on any atom is 0.337 e. The number of halogens is 1. The molecule has 2 heterocycles. The van der Waals surface area contributed by atoms with Crippen LogP contribution in [-0.4, -0.2) is 24.8 Å². The molecule has 2 aromatic carbocycles. The Morgan fingerprint density at radius 3 is 2.88 bits per heavy atom. The summed E-state index contributed by atoms with van der Waals surface area (Å²) in [6.07, 6.45) is 0.451. The van der Waals surface area contributed by atoms with Crippen molar-refractivity contribution in [1.82, 2.24) is 5.32 Å². The topological polar surface area (TPSA) is 67.9 Å². The molecular weight excluding hydrogens is 339 g/mol. The number of nitrogens with one attached hydrogen (secondary N) is 1. The molecule has 2 aliphatic rings. The lowest BCUT2D eigenvalue weighted by molar-refractivity contribution is 0.0377. The Morgan fingerprint density at radius 1 is 1.35 bits per heavy atom. The number of hydrogen-bond acceptors (Lipinski definition) is 4. The minimum Gasteiger partial charge on any atom is -0.467 e. The van der Waals surface area contributed by atoms with Crippen LogP contribution in [0.25, 0.3) is 0 Å². The molecule has 2 aliphatic heterocycles. The van der Waals surface area contributed by atoms with Gasteiger partial charge in [-0.2, -0.15) is 0 Å². The lowest BCUT2D eigenvalue weighted by Gasteiger charge is -2.50. The van der Waals surface area contributed by atoms with Crippen LogP contribution >= 0.6 is 0 Å². The first kappa shape index (κ1) is 16.4. The van der Waals surface area contributed by atoms with Gasteiger partial charge >= 0.3 is 12.0 Å². The number of amides is 2. The van der Waals surface area contributed by atoms with Crippen molar-refractivity contribution in [3.8, 4) is 5.75 Å². The van der Waals surface area contributed by atoms with Crippen molar-refractivity contribution < 1.29 is 23.5 Å². The van der Waals surface area contributed by atoms with Crippen molar-refractivity contribution in [2.24, 2.45) is 0 Å². The van der Waals surface area contributed by atoms with E-state index in [9.17, 15) is 14.0 Å². The molecule has 2 atom stereocenters. The minimum absolute atomic E-state index is 0.314. The van der Waals surface area contributed by atoms with Gasteiger partial charge in [0.25, 0.3) is 0 Å². The molecule has 0 aromatic heterocycles. The zero-order valence-corrected chi connectivity index (χ0v) is 14.3. The molecule has 0 saturated carbocycles. The van der Waals surface area contributed by atoms with Crippen LogP contribution in [0.1, 0.15) is 35.3 Å². The summed E-state index contributed by atoms with van der Waals surface area (Å²) in [5, 5.41) is 2.91. The first-order valence-corrected chi connectivity index (χ1v) is 8.19. The van der Waals surface area contributed by atoms with Gasteiger partial charge in [0.15, 0.2) is 5.72 Å². The number of benzene rings is 2. The van der Waals surface area contributed by atoms with E-state index >= 15 is 0 Å². The maximum atomic E-state index is 13.6. The largest absolute Gasteiger partial charge is 0.467 e. The summed E-state index contributed by atoms with van der Waals surface area (Å²) in [6.45, 7) is 1.79. The highest BCUT2D eigenvalue weighted by Crippen LogP contribution is 2.45. The van der Waals surface area contributed by atoms with Crippen molar-refractivity contribution in [2.75, 3.05) is 12.0 Å². The molecule has 7 heteroatoms. The van der Waals surface area contributed by atoms with Gasteiger partial charge in [-0.15, -0.1) is 0 Å². The SMILES string of the molecule is COC(=O)c1ccc2c(c1)[C@@H]1C[C@@](C)(O2)N(c2cccc(F)c2)C(=O)N1. The standard InChI is InChI=1S/C19H17FN2O4/c1-19-10-15(14-8-11(17(23)25-2)6-7-16(14)26-19)21-18(24)22(19)13-5-3-4-12(20)9-13/h3-9,15H,10H2,1-2H3,(H,21,24)/t15-,19+/m0/s1. The predicted molar refractivity (Wildman–Crippen MR) is 91.6 cm³/mol. The van der Waals surface area contributed by atoms with E-state index in [2.05, 4.69) is 5.32 Å². The molecule has 2 amide bonds. The normalized spacial score (nSPS) is 23.6. The predicted octanol–water partition coefficient (Wildman–Crippen LogP) is 3.38. The highest BCUT2D eigenvalue weighted by atomic mass is 19.1. The summed E-state index contributed by atoms with van der Waals surface area (Å²) in [7, 11) is 1.31. The second kappa shape index (κ2) is 5.72. The fourth-order valence-electron chi connectivity index (χ4n) is 3.63. The number of carbonyl (C=O) groups is 2. The van der Waals surface area contributed by atoms with E-state index in [1.54, 1.807) is 37.3 Å². The number of carbonyl (C=O) groups excluding carboxylic acids is 2. The third kappa shape index (κ3) is 2.47. The highest BCUT2D eigenvalue weighted by Gasteiger charge is 2.50. The molecule has 0 radical (unpaired) electrons. The number of anilines is 1. The van der Waals surface area contributed by atoms with E-state index in [0.29, 0.717) is 23.4 Å². The average molecular weight is 356 g/mol. The van der Waals surface area contributed by atoms with Gasteiger partial charge in [-0.1, -0.05) is 6.07 Å². The third-order valence-electron chi connectivity index (χ3n) is 4.76. The smallest absolute Gasteiger partial charge is 0.337 e. The van der Waals surface area contributed by atoms with Crippen LogP contribution in [0.2, 0.25) is 0 Å². The fraction of sp³-hybridized carbons (Fsp3) is 0.263. The highest BCUT2D eigenvalue weighted by molar-refractivity contribution is 5.95. The number of nitrogens with zero attached hydrogens (tertiary/aromatic N) is 1. The first-order valence-electron chi connectivity index (χ1n) is 8.19. The molecule has 134 valence electrons. The van der Waals surface area contributed by atoms with Gasteiger partial charge in [0, 0.05) is 12.0 Å². The quantitative estimate of drug-likeness (QED) is 0.838. The number of methoxy groups -OCH3 is 1. The monoisotopic (exact) mass is 356 g/mol. The van der Waals surface area contributed by atoms with Crippen molar-refractivity contribution in [3.05, 3.63) is 59.4 Å². The van der Waals surface area contributed by atoms with E-state index < -0.39 is 17.5 Å². The zero-order chi connectivity index (χ0) is 18.5. The fourth-order valence-corrected chi connectivity index (χ4v) is 3.63. The molecule has 2 bridgehead atoms. The van der Waals surface area contributed by atoms with Crippen molar-refractivity contribution in [2.45, 2.75) is 25.1 Å². The molecule has 2 aromatic rings. The third-order valence-corrected chi connectivity index (χ3v) is 4.76. The lowest BCUT2D eigenvalue weighted by Crippen LogP contribution is -2.65. The summed E-state index contributed by atoms with van der Waals surface area (Å²) < 4.78 is 24.5. The van der Waals surface area contributed by atoms with Crippen LogP contribution in [0.3, 0.4) is 0 Å². The first-order chi connectivity index (χ1) is 12.4. The minimum atomic E-state index is -0.972. The Kier molecular flexibility index (Phi) is 3.61. The van der Waals surface area contributed by atoms with Crippen LogP contribution in [-0.2, 0) is 4.74 Å². The van der Waals surface area contributed by atoms with Crippen LogP contribution in [0.4, 0.5) is 14.9 Å². The Balaban J connectivity index is 1.76. The van der Waals surface area contributed by atoms with Gasteiger partial charge < -0.3 is 14.8 Å². The van der Waals surface area contributed by atoms with Gasteiger partial charge in [-0.3, -0.25) is 4.90 Å². The second-order valence-electron chi connectivity index (χ2n) is 6.54. The van der Waals surface area contributed by atoms with Gasteiger partial charge in [-0.05, 0) is 43.3 Å². The summed E-state index contributed by atoms with van der Waals surface area (Å²) in [4.78, 5) is 25.9. The van der Waals surface area contributed by atoms with Crippen molar-refractivity contribution >= 4 is 17.7 Å². The van der Waals surface area contributed by atoms with Gasteiger partial charge in [0.1, 0.15) is 11.6 Å². The van der Waals surface area contributed by atoms with Crippen LogP contribution in [0, 0.1) is 5.82 Å². The second-order valence-corrected chi connectivity index (χ2v) is 6.54. The van der Waals surface area contributed by atoms with E-state index in [-0.39, 0.29) is 12.1 Å². The van der Waals surface area contributed by atoms with Crippen LogP contribution in [0.5, 0.6) is 5.75 Å². The van der Waals surface area contributed by atoms with Gasteiger partial charge in [0.2, 0.25) is 0 Å². The molecular formula is C19H17FN2O4. The van der Waals surface area contributed by atoms with Gasteiger partial charge in [-0.25, -0.2) is 14.0 Å². The molecule has 6 nitrogen and oxygen atoms in total. The lowest BCUT2D eigenvalue weighted by atomic mass is 9.89. The van der Waals surface area contributed by atoms with Crippen LogP contribution < -0.4 is 15.0 Å². The van der Waals surface area contributed by atoms with Crippen molar-refractivity contribution in [3.63, 3.8) is 0 Å². The number of urea groups is 1. The molecule has 26 heavy (non-hydrogen) atoms. The zero-order valence-electron chi connectivity index (χ0n) is 14.3. The number of esters is 1. The molecule has 1 N–H and O–H groups in total. The van der Waals surface area contributed by atoms with Crippen LogP contribution in [0.15, 0.2) is 42.5 Å². The van der Waals surface area contributed by atoms with Crippen molar-refractivity contribution in [1.29, 1.82) is 0 Å². The summed E-state index contributed by atoms with van der Waals surface area (Å²) in [6, 6.07) is 10.1. The Bertz CT molecular complexity index is 916. The Morgan fingerprint density at radius 2 is 2.15 bits per heavy atom. The summed E-state index contributed by atoms with van der Waals surface area (Å²) in [5.41, 5.74) is 0.552. The Labute approximate surface area is 149 Å². The number of hydrogen-bond donors (Lipinski definition) is 1. The number of fused-ring (bicyclic) bond motifs is 4. The maximum absolute atomic E-state index is 13.6. The van der Waals surface area contributed by atoms with Gasteiger partial charge in [0.05, 0.1) is 24.4 Å². The molecule has 0 unspecified atom stereocenters. The number of ether oxygens (including phenoxy) is 2. The summed E-state index contributed by atoms with van der Waals surface area (Å²) >= 11 is 0. The van der Waals surface area contributed by atoms with E-state index in [1.807, 2.05) is 0 Å². The average Bonchev–Trinajstić information content (AvgIpc) is 2.60. The van der Waals surface area contributed by atoms with E-state index in [0.717, 1.165) is 5.56 Å². The molecule has 0 aliphatic carbocycles.